The number of carbonyl (C=O) groups excluding carboxylic acids is 1. The third-order valence-electron chi connectivity index (χ3n) is 2.96. The minimum atomic E-state index is -0.0364. The molecule has 20 heavy (non-hydrogen) atoms. The number of hydrogen-bond donors (Lipinski definition) is 2. The molecule has 1 amide bonds. The van der Waals surface area contributed by atoms with E-state index < -0.39 is 0 Å². The quantitative estimate of drug-likeness (QED) is 0.800. The zero-order valence-electron chi connectivity index (χ0n) is 11.9. The molecule has 0 spiro atoms. The number of thiophene rings is 1. The van der Waals surface area contributed by atoms with Crippen molar-refractivity contribution in [3.63, 3.8) is 0 Å². The van der Waals surface area contributed by atoms with E-state index in [-0.39, 0.29) is 5.91 Å². The van der Waals surface area contributed by atoms with Crippen LogP contribution in [0.3, 0.4) is 0 Å². The zero-order valence-corrected chi connectivity index (χ0v) is 12.7. The molecule has 4 heteroatoms. The van der Waals surface area contributed by atoms with Crippen molar-refractivity contribution in [1.82, 2.24) is 5.32 Å². The van der Waals surface area contributed by atoms with Crippen LogP contribution in [-0.4, -0.2) is 12.5 Å². The number of aryl methyl sites for hydroxylation is 1. The van der Waals surface area contributed by atoms with Crippen molar-refractivity contribution < 1.29 is 4.79 Å². The lowest BCUT2D eigenvalue weighted by Crippen LogP contribution is -2.15. The van der Waals surface area contributed by atoms with Crippen LogP contribution in [-0.2, 0) is 17.8 Å². The van der Waals surface area contributed by atoms with Crippen LogP contribution in [0.4, 0.5) is 5.69 Å². The normalized spacial score (nSPS) is 10.5. The molecule has 0 saturated carbocycles. The Kier molecular flexibility index (Phi) is 5.32. The van der Waals surface area contributed by atoms with Gasteiger partial charge in [0.2, 0.25) is 5.91 Å². The zero-order chi connectivity index (χ0) is 14.4. The van der Waals surface area contributed by atoms with E-state index in [1.54, 1.807) is 0 Å². The monoisotopic (exact) mass is 288 g/mol. The third kappa shape index (κ3) is 4.79. The van der Waals surface area contributed by atoms with Crippen LogP contribution in [0.1, 0.15) is 22.2 Å². The largest absolute Gasteiger partial charge is 0.326 e. The molecule has 0 fully saturated rings. The summed E-state index contributed by atoms with van der Waals surface area (Å²) < 4.78 is 0. The van der Waals surface area contributed by atoms with E-state index in [2.05, 4.69) is 41.8 Å². The lowest BCUT2D eigenvalue weighted by atomic mass is 10.1. The van der Waals surface area contributed by atoms with Crippen molar-refractivity contribution in [3.8, 4) is 0 Å². The fourth-order valence-corrected chi connectivity index (χ4v) is 2.84. The summed E-state index contributed by atoms with van der Waals surface area (Å²) in [6.45, 7) is 5.54. The molecular formula is C16H20N2OS. The summed E-state index contributed by atoms with van der Waals surface area (Å²) in [5.41, 5.74) is 2.12. The molecule has 1 aromatic carbocycles. The molecule has 106 valence electrons. The second-order valence-corrected chi connectivity index (χ2v) is 6.19. The van der Waals surface area contributed by atoms with Gasteiger partial charge in [0.05, 0.1) is 0 Å². The van der Waals surface area contributed by atoms with Crippen LogP contribution in [0.25, 0.3) is 0 Å². The molecule has 0 aliphatic carbocycles. The first-order valence-corrected chi connectivity index (χ1v) is 7.58. The van der Waals surface area contributed by atoms with Gasteiger partial charge in [0.1, 0.15) is 0 Å². The molecule has 0 aliphatic rings. The van der Waals surface area contributed by atoms with Gasteiger partial charge >= 0.3 is 0 Å². The fraction of sp³-hybridized carbons (Fsp3) is 0.312. The Morgan fingerprint density at radius 2 is 1.90 bits per heavy atom. The van der Waals surface area contributed by atoms with E-state index in [9.17, 15) is 4.79 Å². The highest BCUT2D eigenvalue weighted by Crippen LogP contribution is 2.14. The van der Waals surface area contributed by atoms with Crippen molar-refractivity contribution >= 4 is 22.9 Å². The second-order valence-electron chi connectivity index (χ2n) is 4.82. The van der Waals surface area contributed by atoms with Crippen molar-refractivity contribution in [3.05, 3.63) is 51.7 Å². The average molecular weight is 288 g/mol. The number of carbonyl (C=O) groups is 1. The summed E-state index contributed by atoms with van der Waals surface area (Å²) in [5, 5.41) is 6.22. The molecule has 1 aromatic heterocycles. The topological polar surface area (TPSA) is 41.1 Å². The Morgan fingerprint density at radius 3 is 2.50 bits per heavy atom. The molecule has 2 rings (SSSR count). The van der Waals surface area contributed by atoms with E-state index in [1.807, 2.05) is 23.5 Å². The molecular weight excluding hydrogens is 268 g/mol. The van der Waals surface area contributed by atoms with Gasteiger partial charge in [-0.3, -0.25) is 4.79 Å². The van der Waals surface area contributed by atoms with Gasteiger partial charge in [-0.15, -0.1) is 11.3 Å². The summed E-state index contributed by atoms with van der Waals surface area (Å²) in [5.74, 6) is -0.0364. The van der Waals surface area contributed by atoms with Gasteiger partial charge in [-0.05, 0) is 49.7 Å². The highest BCUT2D eigenvalue weighted by molar-refractivity contribution is 7.11. The molecule has 2 N–H and O–H groups in total. The predicted molar refractivity (Wildman–Crippen MR) is 85.2 cm³/mol. The van der Waals surface area contributed by atoms with Crippen molar-refractivity contribution in [1.29, 1.82) is 0 Å². The number of nitrogens with one attached hydrogen (secondary N) is 2. The van der Waals surface area contributed by atoms with Gasteiger partial charge in [-0.1, -0.05) is 12.1 Å². The summed E-state index contributed by atoms with van der Waals surface area (Å²) in [4.78, 5) is 13.7. The molecule has 0 atom stereocenters. The molecule has 0 saturated heterocycles. The highest BCUT2D eigenvalue weighted by Gasteiger charge is 1.98. The van der Waals surface area contributed by atoms with Crippen LogP contribution in [0.15, 0.2) is 36.4 Å². The van der Waals surface area contributed by atoms with E-state index in [4.69, 9.17) is 0 Å². The van der Waals surface area contributed by atoms with Crippen LogP contribution in [0, 0.1) is 6.92 Å². The first kappa shape index (κ1) is 14.8. The Bertz CT molecular complexity index is 560. The summed E-state index contributed by atoms with van der Waals surface area (Å²) in [7, 11) is 0. The lowest BCUT2D eigenvalue weighted by molar-refractivity contribution is -0.114. The van der Waals surface area contributed by atoms with Gasteiger partial charge < -0.3 is 10.6 Å². The summed E-state index contributed by atoms with van der Waals surface area (Å²) >= 11 is 1.84. The maximum atomic E-state index is 10.9. The average Bonchev–Trinajstić information content (AvgIpc) is 2.82. The first-order chi connectivity index (χ1) is 9.63. The van der Waals surface area contributed by atoms with Gasteiger partial charge in [-0.25, -0.2) is 0 Å². The number of amides is 1. The Morgan fingerprint density at radius 1 is 1.15 bits per heavy atom. The standard InChI is InChI=1S/C16H20N2OS/c1-12-3-8-16(20-12)11-17-10-9-14-4-6-15(7-5-14)18-13(2)19/h3-8,17H,9-11H2,1-2H3,(H,18,19). The van der Waals surface area contributed by atoms with E-state index in [0.29, 0.717) is 0 Å². The molecule has 0 bridgehead atoms. The summed E-state index contributed by atoms with van der Waals surface area (Å²) in [6, 6.07) is 12.3. The SMILES string of the molecule is CC(=O)Nc1ccc(CCNCc2ccc(C)s2)cc1. The first-order valence-electron chi connectivity index (χ1n) is 6.76. The maximum Gasteiger partial charge on any atom is 0.221 e. The molecule has 0 unspecified atom stereocenters. The number of rotatable bonds is 6. The van der Waals surface area contributed by atoms with Crippen LogP contribution in [0.5, 0.6) is 0 Å². The number of anilines is 1. The van der Waals surface area contributed by atoms with Gasteiger partial charge in [0, 0.05) is 28.9 Å². The maximum absolute atomic E-state index is 10.9. The van der Waals surface area contributed by atoms with Crippen LogP contribution < -0.4 is 10.6 Å². The number of hydrogen-bond acceptors (Lipinski definition) is 3. The smallest absolute Gasteiger partial charge is 0.221 e. The van der Waals surface area contributed by atoms with Gasteiger partial charge in [0.15, 0.2) is 0 Å². The highest BCUT2D eigenvalue weighted by atomic mass is 32.1. The second kappa shape index (κ2) is 7.22. The van der Waals surface area contributed by atoms with Crippen molar-refractivity contribution in [2.45, 2.75) is 26.8 Å². The predicted octanol–water partition coefficient (Wildman–Crippen LogP) is 3.35. The Balaban J connectivity index is 1.72. The molecule has 2 aromatic rings. The molecule has 3 nitrogen and oxygen atoms in total. The van der Waals surface area contributed by atoms with E-state index >= 15 is 0 Å². The van der Waals surface area contributed by atoms with E-state index in [1.165, 1.54) is 22.2 Å². The van der Waals surface area contributed by atoms with Crippen LogP contribution in [0.2, 0.25) is 0 Å². The fourth-order valence-electron chi connectivity index (χ4n) is 1.98. The molecule has 1 heterocycles. The minimum absolute atomic E-state index is 0.0364. The summed E-state index contributed by atoms with van der Waals surface area (Å²) in [6.07, 6.45) is 0.991. The van der Waals surface area contributed by atoms with Gasteiger partial charge in [0.25, 0.3) is 0 Å². The minimum Gasteiger partial charge on any atom is -0.326 e. The van der Waals surface area contributed by atoms with E-state index in [0.717, 1.165) is 25.2 Å². The lowest BCUT2D eigenvalue weighted by Gasteiger charge is -2.06. The third-order valence-corrected chi connectivity index (χ3v) is 3.96. The van der Waals surface area contributed by atoms with Gasteiger partial charge in [-0.2, -0.15) is 0 Å². The van der Waals surface area contributed by atoms with Crippen LogP contribution >= 0.6 is 11.3 Å². The van der Waals surface area contributed by atoms with Crippen molar-refractivity contribution in [2.75, 3.05) is 11.9 Å². The Hall–Kier alpha value is -1.65. The number of benzene rings is 1. The molecule has 0 radical (unpaired) electrons. The molecule has 0 aliphatic heterocycles. The van der Waals surface area contributed by atoms with Crippen molar-refractivity contribution in [2.24, 2.45) is 0 Å². The Labute approximate surface area is 124 Å².